The van der Waals surface area contributed by atoms with Crippen molar-refractivity contribution in [3.05, 3.63) is 35.6 Å². The molecule has 0 spiro atoms. The molecule has 2 heterocycles. The topological polar surface area (TPSA) is 73.2 Å². The first kappa shape index (κ1) is 21.2. The molecule has 0 bridgehead atoms. The zero-order chi connectivity index (χ0) is 20.1. The van der Waals surface area contributed by atoms with E-state index in [0.717, 1.165) is 12.1 Å². The van der Waals surface area contributed by atoms with E-state index in [2.05, 4.69) is 0 Å². The zero-order valence-corrected chi connectivity index (χ0v) is 16.5. The Labute approximate surface area is 165 Å². The van der Waals surface area contributed by atoms with E-state index in [1.165, 1.54) is 12.1 Å². The summed E-state index contributed by atoms with van der Waals surface area (Å²) in [7, 11) is 1.94. The summed E-state index contributed by atoms with van der Waals surface area (Å²) in [6.07, 6.45) is 1.15. The number of aliphatic hydroxyl groups is 2. The Morgan fingerprint density at radius 1 is 1.21 bits per heavy atom. The number of amides is 1. The Bertz CT molecular complexity index is 648. The molecule has 0 aromatic heterocycles. The monoisotopic (exact) mass is 394 g/mol. The van der Waals surface area contributed by atoms with Gasteiger partial charge in [-0.2, -0.15) is 0 Å². The summed E-state index contributed by atoms with van der Waals surface area (Å²) >= 11 is 0. The molecule has 0 unspecified atom stereocenters. The van der Waals surface area contributed by atoms with Crippen LogP contribution >= 0.6 is 0 Å². The number of carbonyl (C=O) groups is 1. The second-order valence-corrected chi connectivity index (χ2v) is 8.10. The fourth-order valence-electron chi connectivity index (χ4n) is 4.60. The summed E-state index contributed by atoms with van der Waals surface area (Å²) in [4.78, 5) is 17.6. The summed E-state index contributed by atoms with van der Waals surface area (Å²) in [6.45, 7) is 3.53. The Kier molecular flexibility index (Phi) is 7.04. The van der Waals surface area contributed by atoms with Gasteiger partial charge in [0.15, 0.2) is 0 Å². The highest BCUT2D eigenvalue weighted by Crippen LogP contribution is 2.39. The van der Waals surface area contributed by atoms with Gasteiger partial charge in [0.05, 0.1) is 12.0 Å². The molecule has 0 radical (unpaired) electrons. The SMILES string of the molecule is CN(CCO)C[C@@H]1CN(C(=O)C2(c3ccc(F)cc3)CCOCC2)C[C@@H]1CO. The lowest BCUT2D eigenvalue weighted by Gasteiger charge is -2.39. The molecule has 2 aliphatic heterocycles. The Morgan fingerprint density at radius 2 is 1.86 bits per heavy atom. The number of benzene rings is 1. The molecule has 2 atom stereocenters. The fraction of sp³-hybridized carbons (Fsp3) is 0.667. The number of rotatable bonds is 7. The van der Waals surface area contributed by atoms with E-state index in [9.17, 15) is 14.3 Å². The molecule has 2 fully saturated rings. The maximum Gasteiger partial charge on any atom is 0.233 e. The quantitative estimate of drug-likeness (QED) is 0.718. The van der Waals surface area contributed by atoms with Crippen molar-refractivity contribution in [2.75, 3.05) is 59.7 Å². The molecule has 1 aromatic carbocycles. The van der Waals surface area contributed by atoms with Gasteiger partial charge < -0.3 is 24.7 Å². The maximum atomic E-state index is 13.7. The van der Waals surface area contributed by atoms with Crippen molar-refractivity contribution in [2.24, 2.45) is 11.8 Å². The van der Waals surface area contributed by atoms with Gasteiger partial charge in [0.2, 0.25) is 5.91 Å². The third-order valence-corrected chi connectivity index (χ3v) is 6.28. The molecular formula is C21H31FN2O4. The molecule has 7 heteroatoms. The third-order valence-electron chi connectivity index (χ3n) is 6.28. The van der Waals surface area contributed by atoms with Crippen molar-refractivity contribution in [3.8, 4) is 0 Å². The molecule has 0 saturated carbocycles. The number of carbonyl (C=O) groups excluding carboxylic acids is 1. The number of hydrogen-bond acceptors (Lipinski definition) is 5. The molecule has 2 saturated heterocycles. The van der Waals surface area contributed by atoms with Crippen LogP contribution in [0.4, 0.5) is 4.39 Å². The maximum absolute atomic E-state index is 13.7. The predicted octanol–water partition coefficient (Wildman–Crippen LogP) is 0.865. The van der Waals surface area contributed by atoms with Gasteiger partial charge in [-0.05, 0) is 43.5 Å². The number of aliphatic hydroxyl groups excluding tert-OH is 2. The third kappa shape index (κ3) is 4.38. The summed E-state index contributed by atoms with van der Waals surface area (Å²) < 4.78 is 19.0. The largest absolute Gasteiger partial charge is 0.396 e. The average Bonchev–Trinajstić information content (AvgIpc) is 3.11. The van der Waals surface area contributed by atoms with Crippen LogP contribution in [-0.4, -0.2) is 85.6 Å². The normalized spacial score (nSPS) is 24.7. The highest BCUT2D eigenvalue weighted by Gasteiger charge is 2.47. The van der Waals surface area contributed by atoms with Crippen LogP contribution in [0.2, 0.25) is 0 Å². The van der Waals surface area contributed by atoms with Crippen LogP contribution < -0.4 is 0 Å². The van der Waals surface area contributed by atoms with E-state index in [1.807, 2.05) is 16.8 Å². The van der Waals surface area contributed by atoms with E-state index in [4.69, 9.17) is 9.84 Å². The second-order valence-electron chi connectivity index (χ2n) is 8.10. The van der Waals surface area contributed by atoms with Gasteiger partial charge in [0.1, 0.15) is 5.82 Å². The summed E-state index contributed by atoms with van der Waals surface area (Å²) in [5.41, 5.74) is 0.140. The number of likely N-dealkylation sites (N-methyl/N-ethyl adjacent to an activating group) is 1. The van der Waals surface area contributed by atoms with Crippen LogP contribution in [0.1, 0.15) is 18.4 Å². The van der Waals surface area contributed by atoms with Crippen LogP contribution in [0.5, 0.6) is 0 Å². The molecule has 0 aliphatic carbocycles. The number of nitrogens with zero attached hydrogens (tertiary/aromatic N) is 2. The zero-order valence-electron chi connectivity index (χ0n) is 16.5. The van der Waals surface area contributed by atoms with Crippen molar-refractivity contribution in [1.29, 1.82) is 0 Å². The first-order valence-electron chi connectivity index (χ1n) is 10.0. The molecule has 3 rings (SSSR count). The lowest BCUT2D eigenvalue weighted by molar-refractivity contribution is -0.140. The van der Waals surface area contributed by atoms with Gasteiger partial charge >= 0.3 is 0 Å². The lowest BCUT2D eigenvalue weighted by Crippen LogP contribution is -2.49. The number of halogens is 1. The highest BCUT2D eigenvalue weighted by molar-refractivity contribution is 5.88. The van der Waals surface area contributed by atoms with E-state index in [0.29, 0.717) is 45.7 Å². The van der Waals surface area contributed by atoms with Crippen molar-refractivity contribution < 1.29 is 24.1 Å². The van der Waals surface area contributed by atoms with Crippen molar-refractivity contribution >= 4 is 5.91 Å². The molecule has 1 amide bonds. The summed E-state index contributed by atoms with van der Waals surface area (Å²) in [5.74, 6) is -0.0779. The van der Waals surface area contributed by atoms with Crippen LogP contribution in [0.15, 0.2) is 24.3 Å². The first-order chi connectivity index (χ1) is 13.5. The van der Waals surface area contributed by atoms with Crippen molar-refractivity contribution in [1.82, 2.24) is 9.80 Å². The number of hydrogen-bond donors (Lipinski definition) is 2. The van der Waals surface area contributed by atoms with E-state index < -0.39 is 5.41 Å². The molecule has 2 N–H and O–H groups in total. The Balaban J connectivity index is 1.80. The van der Waals surface area contributed by atoms with Crippen molar-refractivity contribution in [3.63, 3.8) is 0 Å². The van der Waals surface area contributed by atoms with Gasteiger partial charge in [-0.15, -0.1) is 0 Å². The van der Waals surface area contributed by atoms with Crippen LogP contribution in [0, 0.1) is 17.7 Å². The van der Waals surface area contributed by atoms with Gasteiger partial charge in [-0.1, -0.05) is 12.1 Å². The molecule has 6 nitrogen and oxygen atoms in total. The van der Waals surface area contributed by atoms with Gasteiger partial charge in [-0.3, -0.25) is 4.79 Å². The molecule has 1 aromatic rings. The van der Waals surface area contributed by atoms with Crippen LogP contribution in [0.25, 0.3) is 0 Å². The first-order valence-corrected chi connectivity index (χ1v) is 10.0. The minimum absolute atomic E-state index is 0.0233. The fourth-order valence-corrected chi connectivity index (χ4v) is 4.60. The summed E-state index contributed by atoms with van der Waals surface area (Å²) in [6, 6.07) is 6.25. The molecular weight excluding hydrogens is 363 g/mol. The minimum atomic E-state index is -0.697. The number of ether oxygens (including phenoxy) is 1. The smallest absolute Gasteiger partial charge is 0.233 e. The van der Waals surface area contributed by atoms with Gasteiger partial charge in [0.25, 0.3) is 0 Å². The van der Waals surface area contributed by atoms with Crippen LogP contribution in [0.3, 0.4) is 0 Å². The average molecular weight is 394 g/mol. The molecule has 156 valence electrons. The molecule has 2 aliphatic rings. The van der Waals surface area contributed by atoms with E-state index in [1.54, 1.807) is 12.1 Å². The second kappa shape index (κ2) is 9.31. The predicted molar refractivity (Wildman–Crippen MR) is 103 cm³/mol. The van der Waals surface area contributed by atoms with Gasteiger partial charge in [-0.25, -0.2) is 4.39 Å². The van der Waals surface area contributed by atoms with Crippen LogP contribution in [-0.2, 0) is 14.9 Å². The summed E-state index contributed by atoms with van der Waals surface area (Å²) in [5, 5.41) is 19.0. The number of likely N-dealkylation sites (tertiary alicyclic amines) is 1. The standard InChI is InChI=1S/C21H31FN2O4/c1-23(8-9-25)12-16-13-24(14-17(16)15-26)20(27)21(6-10-28-11-7-21)18-2-4-19(22)5-3-18/h2-5,16-17,25-26H,6-15H2,1H3/t16-,17-/m1/s1. The van der Waals surface area contributed by atoms with Crippen molar-refractivity contribution in [2.45, 2.75) is 18.3 Å². The van der Waals surface area contributed by atoms with E-state index in [-0.39, 0.29) is 36.8 Å². The Hall–Kier alpha value is -1.54. The van der Waals surface area contributed by atoms with E-state index >= 15 is 0 Å². The highest BCUT2D eigenvalue weighted by atomic mass is 19.1. The Morgan fingerprint density at radius 3 is 2.46 bits per heavy atom. The minimum Gasteiger partial charge on any atom is -0.396 e. The molecule has 28 heavy (non-hydrogen) atoms. The lowest BCUT2D eigenvalue weighted by atomic mass is 9.73. The van der Waals surface area contributed by atoms with Gasteiger partial charge in [0, 0.05) is 51.9 Å².